The van der Waals surface area contributed by atoms with Crippen LogP contribution in [0.4, 0.5) is 0 Å². The fourth-order valence-corrected chi connectivity index (χ4v) is 1.40. The van der Waals surface area contributed by atoms with Crippen LogP contribution in [0.2, 0.25) is 0 Å². The summed E-state index contributed by atoms with van der Waals surface area (Å²) in [6, 6.07) is -0.0846. The molecule has 0 aliphatic heterocycles. The zero-order valence-corrected chi connectivity index (χ0v) is 8.17. The summed E-state index contributed by atoms with van der Waals surface area (Å²) >= 11 is 1.56. The van der Waals surface area contributed by atoms with Gasteiger partial charge in [-0.15, -0.1) is 11.3 Å². The molecular formula is C8H14N2OS. The minimum absolute atomic E-state index is 0.0846. The molecule has 0 saturated heterocycles. The molecule has 4 heteroatoms. The maximum atomic E-state index is 5.81. The fraction of sp³-hybridized carbons (Fsp3) is 0.625. The van der Waals surface area contributed by atoms with Crippen LogP contribution in [0.5, 0.6) is 0 Å². The fourth-order valence-electron chi connectivity index (χ4n) is 0.786. The first-order chi connectivity index (χ1) is 5.70. The molecule has 0 bridgehead atoms. The van der Waals surface area contributed by atoms with E-state index in [9.17, 15) is 0 Å². The zero-order chi connectivity index (χ0) is 8.97. The average Bonchev–Trinajstić information content (AvgIpc) is 2.51. The molecule has 0 aliphatic carbocycles. The van der Waals surface area contributed by atoms with E-state index < -0.39 is 0 Å². The number of thiazole rings is 1. The van der Waals surface area contributed by atoms with Crippen LogP contribution in [-0.2, 0) is 4.74 Å². The van der Waals surface area contributed by atoms with Crippen LogP contribution in [0, 0.1) is 0 Å². The van der Waals surface area contributed by atoms with E-state index in [2.05, 4.69) is 4.98 Å². The van der Waals surface area contributed by atoms with Crippen molar-refractivity contribution in [2.24, 2.45) is 5.73 Å². The highest BCUT2D eigenvalue weighted by Crippen LogP contribution is 2.10. The summed E-state index contributed by atoms with van der Waals surface area (Å²) in [5.74, 6) is 0. The molecule has 1 rings (SSSR count). The van der Waals surface area contributed by atoms with E-state index >= 15 is 0 Å². The third-order valence-electron chi connectivity index (χ3n) is 1.44. The van der Waals surface area contributed by atoms with Crippen molar-refractivity contribution in [1.29, 1.82) is 0 Å². The Labute approximate surface area is 76.6 Å². The molecule has 1 atom stereocenters. The lowest BCUT2D eigenvalue weighted by atomic mass is 10.2. The summed E-state index contributed by atoms with van der Waals surface area (Å²) in [7, 11) is 0. The first kappa shape index (κ1) is 9.64. The Balaban J connectivity index is 2.34. The van der Waals surface area contributed by atoms with Gasteiger partial charge in [0, 0.05) is 5.38 Å². The average molecular weight is 186 g/mol. The molecule has 1 aromatic heterocycles. The minimum atomic E-state index is -0.0846. The molecule has 0 spiro atoms. The van der Waals surface area contributed by atoms with Gasteiger partial charge in [0.25, 0.3) is 0 Å². The van der Waals surface area contributed by atoms with Crippen LogP contribution in [0.1, 0.15) is 25.6 Å². The highest BCUT2D eigenvalue weighted by molar-refractivity contribution is 7.07. The second-order valence-corrected chi connectivity index (χ2v) is 3.62. The Hall–Kier alpha value is -0.450. The molecular weight excluding hydrogens is 172 g/mol. The third-order valence-corrected chi connectivity index (χ3v) is 2.05. The Kier molecular flexibility index (Phi) is 3.65. The lowest BCUT2D eigenvalue weighted by Crippen LogP contribution is -2.19. The van der Waals surface area contributed by atoms with Gasteiger partial charge in [0.2, 0.25) is 0 Å². The Morgan fingerprint density at radius 3 is 2.92 bits per heavy atom. The lowest BCUT2D eigenvalue weighted by Gasteiger charge is -2.11. The zero-order valence-electron chi connectivity index (χ0n) is 7.36. The Morgan fingerprint density at radius 1 is 1.67 bits per heavy atom. The molecule has 0 amide bonds. The molecule has 0 saturated carbocycles. The SMILES string of the molecule is CC(C)OCC(N)c1cscn1. The van der Waals surface area contributed by atoms with Gasteiger partial charge in [-0.25, -0.2) is 4.98 Å². The van der Waals surface area contributed by atoms with E-state index in [0.29, 0.717) is 6.61 Å². The Morgan fingerprint density at radius 2 is 2.42 bits per heavy atom. The van der Waals surface area contributed by atoms with E-state index in [4.69, 9.17) is 10.5 Å². The molecule has 68 valence electrons. The van der Waals surface area contributed by atoms with Gasteiger partial charge in [-0.1, -0.05) is 0 Å². The second-order valence-electron chi connectivity index (χ2n) is 2.90. The summed E-state index contributed by atoms with van der Waals surface area (Å²) in [5.41, 5.74) is 8.51. The lowest BCUT2D eigenvalue weighted by molar-refractivity contribution is 0.0677. The summed E-state index contributed by atoms with van der Waals surface area (Å²) in [6.45, 7) is 4.53. The first-order valence-electron chi connectivity index (χ1n) is 3.95. The minimum Gasteiger partial charge on any atom is -0.377 e. The van der Waals surface area contributed by atoms with Gasteiger partial charge < -0.3 is 10.5 Å². The molecule has 1 aromatic rings. The number of hydrogen-bond acceptors (Lipinski definition) is 4. The molecule has 12 heavy (non-hydrogen) atoms. The van der Waals surface area contributed by atoms with Crippen molar-refractivity contribution in [1.82, 2.24) is 4.98 Å². The number of nitrogens with zero attached hydrogens (tertiary/aromatic N) is 1. The normalized spacial score (nSPS) is 13.7. The highest BCUT2D eigenvalue weighted by atomic mass is 32.1. The van der Waals surface area contributed by atoms with Crippen molar-refractivity contribution in [3.8, 4) is 0 Å². The molecule has 0 aromatic carbocycles. The summed E-state index contributed by atoms with van der Waals surface area (Å²) in [5, 5.41) is 1.95. The maximum Gasteiger partial charge on any atom is 0.0795 e. The van der Waals surface area contributed by atoms with Gasteiger partial charge in [0.15, 0.2) is 0 Å². The van der Waals surface area contributed by atoms with Crippen LogP contribution < -0.4 is 5.73 Å². The summed E-state index contributed by atoms with van der Waals surface area (Å²) in [6.07, 6.45) is 0.231. The number of ether oxygens (including phenoxy) is 1. The van der Waals surface area contributed by atoms with Crippen LogP contribution in [0.25, 0.3) is 0 Å². The molecule has 3 nitrogen and oxygen atoms in total. The smallest absolute Gasteiger partial charge is 0.0795 e. The molecule has 0 radical (unpaired) electrons. The largest absolute Gasteiger partial charge is 0.377 e. The maximum absolute atomic E-state index is 5.81. The molecule has 1 unspecified atom stereocenters. The molecule has 1 heterocycles. The van der Waals surface area contributed by atoms with Gasteiger partial charge in [-0.05, 0) is 13.8 Å². The predicted octanol–water partition coefficient (Wildman–Crippen LogP) is 1.57. The predicted molar refractivity (Wildman–Crippen MR) is 50.1 cm³/mol. The van der Waals surface area contributed by atoms with E-state index in [1.54, 1.807) is 16.8 Å². The van der Waals surface area contributed by atoms with Crippen LogP contribution in [0.3, 0.4) is 0 Å². The standard InChI is InChI=1S/C8H14N2OS/c1-6(2)11-3-7(9)8-4-12-5-10-8/h4-7H,3,9H2,1-2H3. The van der Waals surface area contributed by atoms with Gasteiger partial charge >= 0.3 is 0 Å². The van der Waals surface area contributed by atoms with E-state index in [0.717, 1.165) is 5.69 Å². The van der Waals surface area contributed by atoms with Gasteiger partial charge in [0.1, 0.15) is 0 Å². The first-order valence-corrected chi connectivity index (χ1v) is 4.89. The topological polar surface area (TPSA) is 48.1 Å². The van der Waals surface area contributed by atoms with Crippen molar-refractivity contribution in [3.05, 3.63) is 16.6 Å². The van der Waals surface area contributed by atoms with Gasteiger partial charge in [-0.3, -0.25) is 0 Å². The van der Waals surface area contributed by atoms with Crippen molar-refractivity contribution >= 4 is 11.3 Å². The molecule has 0 fully saturated rings. The second kappa shape index (κ2) is 4.54. The van der Waals surface area contributed by atoms with Crippen molar-refractivity contribution in [2.45, 2.75) is 26.0 Å². The highest BCUT2D eigenvalue weighted by Gasteiger charge is 2.08. The van der Waals surface area contributed by atoms with Crippen LogP contribution in [-0.4, -0.2) is 17.7 Å². The van der Waals surface area contributed by atoms with E-state index in [1.807, 2.05) is 19.2 Å². The van der Waals surface area contributed by atoms with E-state index in [1.165, 1.54) is 0 Å². The van der Waals surface area contributed by atoms with Crippen molar-refractivity contribution in [2.75, 3.05) is 6.61 Å². The number of hydrogen-bond donors (Lipinski definition) is 1. The summed E-state index contributed by atoms with van der Waals surface area (Å²) in [4.78, 5) is 4.11. The van der Waals surface area contributed by atoms with Crippen molar-refractivity contribution < 1.29 is 4.74 Å². The number of nitrogens with two attached hydrogens (primary N) is 1. The van der Waals surface area contributed by atoms with Gasteiger partial charge in [0.05, 0.1) is 30.0 Å². The quantitative estimate of drug-likeness (QED) is 0.776. The molecule has 0 aliphatic rings. The monoisotopic (exact) mass is 186 g/mol. The number of rotatable bonds is 4. The number of aromatic nitrogens is 1. The van der Waals surface area contributed by atoms with E-state index in [-0.39, 0.29) is 12.1 Å². The third kappa shape index (κ3) is 2.89. The Bertz CT molecular complexity index is 211. The van der Waals surface area contributed by atoms with Gasteiger partial charge in [-0.2, -0.15) is 0 Å². The molecule has 2 N–H and O–H groups in total. The van der Waals surface area contributed by atoms with Crippen molar-refractivity contribution in [3.63, 3.8) is 0 Å². The summed E-state index contributed by atoms with van der Waals surface area (Å²) < 4.78 is 5.37. The van der Waals surface area contributed by atoms with Crippen LogP contribution >= 0.6 is 11.3 Å². The van der Waals surface area contributed by atoms with Crippen LogP contribution in [0.15, 0.2) is 10.9 Å².